The van der Waals surface area contributed by atoms with E-state index in [1.807, 2.05) is 13.8 Å². The van der Waals surface area contributed by atoms with E-state index in [2.05, 4.69) is 10.1 Å². The van der Waals surface area contributed by atoms with E-state index in [0.717, 1.165) is 0 Å². The molecule has 2 rings (SSSR count). The lowest BCUT2D eigenvalue weighted by molar-refractivity contribution is 0.00973. The molecule has 0 atom stereocenters. The third kappa shape index (κ3) is 2.78. The van der Waals surface area contributed by atoms with Crippen LogP contribution in [0.4, 0.5) is 5.69 Å². The van der Waals surface area contributed by atoms with Crippen LogP contribution in [0.2, 0.25) is 0 Å². The average molecular weight is 293 g/mol. The van der Waals surface area contributed by atoms with Gasteiger partial charge in [0.15, 0.2) is 11.5 Å². The normalized spacial score (nSPS) is 11.5. The molecule has 0 saturated heterocycles. The Morgan fingerprint density at radius 3 is 2.29 bits per heavy atom. The third-order valence-corrected chi connectivity index (χ3v) is 3.26. The Morgan fingerprint density at radius 1 is 1.10 bits per heavy atom. The lowest BCUT2D eigenvalue weighted by Gasteiger charge is -2.17. The molecule has 1 aromatic carbocycles. The van der Waals surface area contributed by atoms with Gasteiger partial charge in [-0.1, -0.05) is 5.16 Å². The molecule has 7 nitrogen and oxygen atoms in total. The number of nitrogens with zero attached hydrogens (tertiary/aromatic N) is 2. The van der Waals surface area contributed by atoms with Crippen molar-refractivity contribution >= 4 is 5.69 Å². The molecule has 7 heteroatoms. The van der Waals surface area contributed by atoms with E-state index in [1.165, 1.54) is 0 Å². The molecule has 0 bridgehead atoms. The number of anilines is 1. The lowest BCUT2D eigenvalue weighted by Crippen LogP contribution is -2.21. The first-order valence-corrected chi connectivity index (χ1v) is 6.34. The van der Waals surface area contributed by atoms with Crippen molar-refractivity contribution in [1.82, 2.24) is 10.1 Å². The van der Waals surface area contributed by atoms with Crippen molar-refractivity contribution in [3.8, 4) is 23.0 Å². The molecule has 2 aromatic rings. The van der Waals surface area contributed by atoms with Crippen molar-refractivity contribution in [1.29, 1.82) is 0 Å². The summed E-state index contributed by atoms with van der Waals surface area (Å²) >= 11 is 0. The zero-order valence-electron chi connectivity index (χ0n) is 12.8. The fraction of sp³-hybridized carbons (Fsp3) is 0.429. The number of ether oxygens (including phenoxy) is 3. The Balaban J connectivity index is 2.48. The number of hydrogen-bond donors (Lipinski definition) is 1. The van der Waals surface area contributed by atoms with Crippen LogP contribution in [0.5, 0.6) is 11.5 Å². The molecule has 0 spiro atoms. The third-order valence-electron chi connectivity index (χ3n) is 3.26. The van der Waals surface area contributed by atoms with Gasteiger partial charge in [-0.25, -0.2) is 0 Å². The quantitative estimate of drug-likeness (QED) is 0.845. The summed E-state index contributed by atoms with van der Waals surface area (Å²) in [6, 6.07) is 3.35. The molecular weight excluding hydrogens is 274 g/mol. The van der Waals surface area contributed by atoms with Crippen molar-refractivity contribution in [2.45, 2.75) is 19.4 Å². The number of hydrogen-bond acceptors (Lipinski definition) is 7. The van der Waals surface area contributed by atoms with Gasteiger partial charge in [0.25, 0.3) is 5.89 Å². The first kappa shape index (κ1) is 15.1. The smallest absolute Gasteiger partial charge is 0.260 e. The van der Waals surface area contributed by atoms with Crippen molar-refractivity contribution in [3.63, 3.8) is 0 Å². The van der Waals surface area contributed by atoms with Gasteiger partial charge in [-0.3, -0.25) is 0 Å². The summed E-state index contributed by atoms with van der Waals surface area (Å²) in [5.41, 5.74) is 6.40. The molecule has 0 saturated carbocycles. The van der Waals surface area contributed by atoms with E-state index in [4.69, 9.17) is 24.5 Å². The van der Waals surface area contributed by atoms with Crippen molar-refractivity contribution in [2.24, 2.45) is 0 Å². The molecular formula is C14H19N3O4. The van der Waals surface area contributed by atoms with Crippen LogP contribution in [-0.4, -0.2) is 31.5 Å². The second kappa shape index (κ2) is 5.61. The van der Waals surface area contributed by atoms with Crippen LogP contribution in [-0.2, 0) is 10.3 Å². The predicted molar refractivity (Wildman–Crippen MR) is 77.3 cm³/mol. The fourth-order valence-electron chi connectivity index (χ4n) is 1.75. The number of aromatic nitrogens is 2. The number of benzene rings is 1. The highest BCUT2D eigenvalue weighted by molar-refractivity contribution is 5.75. The summed E-state index contributed by atoms with van der Waals surface area (Å²) < 4.78 is 21.0. The van der Waals surface area contributed by atoms with Crippen LogP contribution < -0.4 is 15.2 Å². The topological polar surface area (TPSA) is 92.6 Å². The van der Waals surface area contributed by atoms with Gasteiger partial charge in [-0.2, -0.15) is 4.98 Å². The Hall–Kier alpha value is -2.28. The van der Waals surface area contributed by atoms with Crippen LogP contribution in [0.1, 0.15) is 19.7 Å². The van der Waals surface area contributed by atoms with E-state index >= 15 is 0 Å². The minimum atomic E-state index is -0.646. The number of nitrogen functional groups attached to an aromatic ring is 1. The van der Waals surface area contributed by atoms with Crippen molar-refractivity contribution in [3.05, 3.63) is 18.0 Å². The Morgan fingerprint density at radius 2 is 1.71 bits per heavy atom. The molecule has 0 unspecified atom stereocenters. The largest absolute Gasteiger partial charge is 0.493 e. The van der Waals surface area contributed by atoms with Crippen LogP contribution in [0.15, 0.2) is 16.7 Å². The second-order valence-electron chi connectivity index (χ2n) is 4.93. The summed E-state index contributed by atoms with van der Waals surface area (Å²) in [4.78, 5) is 4.34. The maximum atomic E-state index is 6.01. The Kier molecular flexibility index (Phi) is 4.04. The lowest BCUT2D eigenvalue weighted by atomic mass is 10.1. The highest BCUT2D eigenvalue weighted by Gasteiger charge is 2.27. The Bertz CT molecular complexity index is 637. The number of methoxy groups -OCH3 is 3. The van der Waals surface area contributed by atoms with Crippen molar-refractivity contribution < 1.29 is 18.7 Å². The van der Waals surface area contributed by atoms with Gasteiger partial charge in [-0.05, 0) is 19.9 Å². The standard InChI is InChI=1S/C14H19N3O4/c1-14(2,20-5)13-16-12(21-17-13)8-6-10(18-3)11(19-4)7-9(8)15/h6-7H,15H2,1-5H3. The molecule has 114 valence electrons. The van der Waals surface area contributed by atoms with E-state index in [0.29, 0.717) is 34.5 Å². The minimum absolute atomic E-state index is 0.300. The Labute approximate surface area is 123 Å². The van der Waals surface area contributed by atoms with E-state index < -0.39 is 5.60 Å². The maximum Gasteiger partial charge on any atom is 0.260 e. The summed E-state index contributed by atoms with van der Waals surface area (Å²) in [6.07, 6.45) is 0. The highest BCUT2D eigenvalue weighted by atomic mass is 16.5. The summed E-state index contributed by atoms with van der Waals surface area (Å²) in [5, 5.41) is 3.94. The second-order valence-corrected chi connectivity index (χ2v) is 4.93. The first-order valence-electron chi connectivity index (χ1n) is 6.34. The molecule has 0 aliphatic heterocycles. The molecule has 0 aliphatic rings. The van der Waals surface area contributed by atoms with Gasteiger partial charge in [0.2, 0.25) is 5.82 Å². The van der Waals surface area contributed by atoms with Gasteiger partial charge < -0.3 is 24.5 Å². The monoisotopic (exact) mass is 293 g/mol. The SMILES string of the molecule is COc1cc(N)c(-c2nc(C(C)(C)OC)no2)cc1OC. The molecule has 0 aliphatic carbocycles. The maximum absolute atomic E-state index is 6.01. The summed E-state index contributed by atoms with van der Waals surface area (Å²) in [7, 11) is 4.68. The molecule has 0 amide bonds. The van der Waals surface area contributed by atoms with Gasteiger partial charge in [0.1, 0.15) is 5.60 Å². The molecule has 2 N–H and O–H groups in total. The molecule has 0 radical (unpaired) electrons. The molecule has 1 aromatic heterocycles. The van der Waals surface area contributed by atoms with Gasteiger partial charge in [0.05, 0.1) is 19.8 Å². The van der Waals surface area contributed by atoms with E-state index in [9.17, 15) is 0 Å². The molecule has 0 fully saturated rings. The highest BCUT2D eigenvalue weighted by Crippen LogP contribution is 2.37. The predicted octanol–water partition coefficient (Wildman–Crippen LogP) is 2.22. The summed E-state index contributed by atoms with van der Waals surface area (Å²) in [5.74, 6) is 1.81. The fourth-order valence-corrected chi connectivity index (χ4v) is 1.75. The van der Waals surface area contributed by atoms with E-state index in [1.54, 1.807) is 33.5 Å². The van der Waals surface area contributed by atoms with Crippen LogP contribution in [0.3, 0.4) is 0 Å². The summed E-state index contributed by atoms with van der Waals surface area (Å²) in [6.45, 7) is 3.69. The van der Waals surface area contributed by atoms with E-state index in [-0.39, 0.29) is 0 Å². The van der Waals surface area contributed by atoms with Gasteiger partial charge in [0, 0.05) is 18.9 Å². The molecule has 21 heavy (non-hydrogen) atoms. The zero-order chi connectivity index (χ0) is 15.6. The van der Waals surface area contributed by atoms with Crippen LogP contribution in [0, 0.1) is 0 Å². The van der Waals surface area contributed by atoms with Gasteiger partial charge >= 0.3 is 0 Å². The molecule has 1 heterocycles. The zero-order valence-corrected chi connectivity index (χ0v) is 12.8. The number of rotatable bonds is 5. The van der Waals surface area contributed by atoms with Gasteiger partial charge in [-0.15, -0.1) is 0 Å². The number of nitrogens with two attached hydrogens (primary N) is 1. The van der Waals surface area contributed by atoms with Crippen molar-refractivity contribution in [2.75, 3.05) is 27.1 Å². The average Bonchev–Trinajstić information content (AvgIpc) is 2.97. The first-order chi connectivity index (χ1) is 9.92. The minimum Gasteiger partial charge on any atom is -0.493 e. The van der Waals surface area contributed by atoms with Crippen LogP contribution in [0.25, 0.3) is 11.5 Å². The van der Waals surface area contributed by atoms with Crippen LogP contribution >= 0.6 is 0 Å².